The van der Waals surface area contributed by atoms with Crippen LogP contribution in [0.15, 0.2) is 60.8 Å². The first-order valence-corrected chi connectivity index (χ1v) is 38.3. The number of unbranched alkanes of at least 4 members (excludes halogenated alkanes) is 47. The molecule has 0 spiro atoms. The lowest BCUT2D eigenvalue weighted by atomic mass is 10.0. The molecular weight excluding hydrogens is 1070 g/mol. The van der Waals surface area contributed by atoms with Crippen molar-refractivity contribution in [3.63, 3.8) is 0 Å². The smallest absolute Gasteiger partial charge is 0.462 e. The summed E-state index contributed by atoms with van der Waals surface area (Å²) >= 11 is 0. The van der Waals surface area contributed by atoms with Gasteiger partial charge in [-0.05, 0) is 83.5 Å². The third-order valence-corrected chi connectivity index (χ3v) is 17.4. The summed E-state index contributed by atoms with van der Waals surface area (Å²) in [4.78, 5) is 35.4. The Morgan fingerprint density at radius 2 is 0.612 bits per heavy atom. The number of nitrogens with two attached hydrogens (primary N) is 1. The van der Waals surface area contributed by atoms with Gasteiger partial charge in [0, 0.05) is 19.4 Å². The van der Waals surface area contributed by atoms with Crippen LogP contribution >= 0.6 is 7.82 Å². The summed E-state index contributed by atoms with van der Waals surface area (Å²) in [7, 11) is -4.39. The number of carbonyl (C=O) groups excluding carboxylic acids is 2. The second kappa shape index (κ2) is 70.8. The summed E-state index contributed by atoms with van der Waals surface area (Å²) in [5.74, 6) is -0.815. The van der Waals surface area contributed by atoms with Crippen molar-refractivity contribution in [1.82, 2.24) is 0 Å². The Kier molecular flexibility index (Phi) is 68.9. The Morgan fingerprint density at radius 3 is 0.906 bits per heavy atom. The zero-order valence-corrected chi connectivity index (χ0v) is 57.0. The summed E-state index contributed by atoms with van der Waals surface area (Å²) in [6, 6.07) is 0. The second-order valence-electron chi connectivity index (χ2n) is 24.8. The number of rotatable bonds is 70. The van der Waals surface area contributed by atoms with E-state index in [2.05, 4.69) is 74.6 Å². The van der Waals surface area contributed by atoms with Gasteiger partial charge in [0.2, 0.25) is 0 Å². The molecule has 85 heavy (non-hydrogen) atoms. The summed E-state index contributed by atoms with van der Waals surface area (Å²) in [5.41, 5.74) is 5.40. The predicted octanol–water partition coefficient (Wildman–Crippen LogP) is 24.2. The number of esters is 2. The molecule has 0 aromatic heterocycles. The van der Waals surface area contributed by atoms with E-state index in [4.69, 9.17) is 24.3 Å². The first kappa shape index (κ1) is 82.7. The van der Waals surface area contributed by atoms with Crippen molar-refractivity contribution >= 4 is 19.8 Å². The molecule has 498 valence electrons. The molecule has 10 heteroatoms. The number of carbonyl (C=O) groups is 2. The molecule has 0 aliphatic rings. The SMILES string of the molecule is CCCCCCC/C=C\C/C=C\C/C=C\CCCCCCCCCCCCC(=O)OC(COC(=O)CCCCCCCCCCCCCCCCCCCCCCCCCCCCC/C=C\C/C=C\CCCCCCC)COP(=O)(O)OCCN. The van der Waals surface area contributed by atoms with E-state index < -0.39 is 26.5 Å². The van der Waals surface area contributed by atoms with Crippen molar-refractivity contribution in [2.24, 2.45) is 5.73 Å². The van der Waals surface area contributed by atoms with Crippen LogP contribution < -0.4 is 5.73 Å². The molecule has 0 aromatic rings. The molecule has 0 rings (SSSR count). The predicted molar refractivity (Wildman–Crippen MR) is 367 cm³/mol. The highest BCUT2D eigenvalue weighted by atomic mass is 31.2. The lowest BCUT2D eigenvalue weighted by Gasteiger charge is -2.19. The molecule has 0 radical (unpaired) electrons. The maximum absolute atomic E-state index is 12.8. The van der Waals surface area contributed by atoms with Crippen LogP contribution in [0.1, 0.15) is 373 Å². The van der Waals surface area contributed by atoms with E-state index in [1.807, 2.05) is 0 Å². The molecule has 0 amide bonds. The molecule has 0 heterocycles. The number of phosphoric ester groups is 1. The fraction of sp³-hybridized carbons (Fsp3) is 0.840. The van der Waals surface area contributed by atoms with Gasteiger partial charge in [-0.15, -0.1) is 0 Å². The van der Waals surface area contributed by atoms with Crippen LogP contribution in [-0.4, -0.2) is 49.3 Å². The van der Waals surface area contributed by atoms with E-state index >= 15 is 0 Å². The van der Waals surface area contributed by atoms with Gasteiger partial charge in [-0.25, -0.2) is 4.57 Å². The van der Waals surface area contributed by atoms with Crippen LogP contribution in [0.25, 0.3) is 0 Å². The van der Waals surface area contributed by atoms with Gasteiger partial charge in [0.1, 0.15) is 6.61 Å². The van der Waals surface area contributed by atoms with Gasteiger partial charge >= 0.3 is 19.8 Å². The van der Waals surface area contributed by atoms with Crippen LogP contribution in [0.5, 0.6) is 0 Å². The largest absolute Gasteiger partial charge is 0.472 e. The summed E-state index contributed by atoms with van der Waals surface area (Å²) in [6.07, 6.45) is 91.9. The Hall–Kier alpha value is -2.29. The van der Waals surface area contributed by atoms with Crippen LogP contribution in [0, 0.1) is 0 Å². The number of ether oxygens (including phenoxy) is 2. The molecule has 0 aliphatic heterocycles. The average molecular weight is 1210 g/mol. The molecule has 0 fully saturated rings. The van der Waals surface area contributed by atoms with Crippen LogP contribution in [0.4, 0.5) is 0 Å². The lowest BCUT2D eigenvalue weighted by molar-refractivity contribution is -0.161. The fourth-order valence-electron chi connectivity index (χ4n) is 10.9. The third kappa shape index (κ3) is 70.7. The molecule has 0 bridgehead atoms. The summed E-state index contributed by atoms with van der Waals surface area (Å²) in [6.45, 7) is 3.77. The van der Waals surface area contributed by atoms with Gasteiger partial charge in [-0.1, -0.05) is 338 Å². The van der Waals surface area contributed by atoms with Crippen LogP contribution in [0.3, 0.4) is 0 Å². The van der Waals surface area contributed by atoms with E-state index in [0.717, 1.165) is 64.2 Å². The Morgan fingerprint density at radius 1 is 0.353 bits per heavy atom. The average Bonchev–Trinajstić information content (AvgIpc) is 3.52. The Bertz CT molecular complexity index is 1580. The van der Waals surface area contributed by atoms with Crippen molar-refractivity contribution in [1.29, 1.82) is 0 Å². The van der Waals surface area contributed by atoms with Gasteiger partial charge < -0.3 is 20.1 Å². The number of hydrogen-bond acceptors (Lipinski definition) is 8. The van der Waals surface area contributed by atoms with E-state index in [9.17, 15) is 19.0 Å². The zero-order chi connectivity index (χ0) is 61.6. The minimum Gasteiger partial charge on any atom is -0.462 e. The molecule has 2 unspecified atom stereocenters. The molecular formula is C75H140NO8P. The van der Waals surface area contributed by atoms with Crippen LogP contribution in [0.2, 0.25) is 0 Å². The monoisotopic (exact) mass is 1210 g/mol. The summed E-state index contributed by atoms with van der Waals surface area (Å²) in [5, 5.41) is 0. The molecule has 0 aliphatic carbocycles. The number of hydrogen-bond donors (Lipinski definition) is 2. The maximum Gasteiger partial charge on any atom is 0.472 e. The summed E-state index contributed by atoms with van der Waals surface area (Å²) < 4.78 is 33.2. The normalized spacial score (nSPS) is 13.2. The number of allylic oxidation sites excluding steroid dienone is 10. The van der Waals surface area contributed by atoms with Gasteiger partial charge in [-0.3, -0.25) is 18.6 Å². The van der Waals surface area contributed by atoms with E-state index in [0.29, 0.717) is 6.42 Å². The topological polar surface area (TPSA) is 134 Å². The molecule has 2 atom stereocenters. The first-order chi connectivity index (χ1) is 41.8. The highest BCUT2D eigenvalue weighted by molar-refractivity contribution is 7.47. The lowest BCUT2D eigenvalue weighted by Crippen LogP contribution is -2.29. The number of phosphoric acid groups is 1. The maximum atomic E-state index is 12.8. The molecule has 0 aromatic carbocycles. The van der Waals surface area contributed by atoms with Gasteiger partial charge in [0.05, 0.1) is 13.2 Å². The third-order valence-electron chi connectivity index (χ3n) is 16.4. The first-order valence-electron chi connectivity index (χ1n) is 36.8. The van der Waals surface area contributed by atoms with E-state index in [1.54, 1.807) is 0 Å². The minimum absolute atomic E-state index is 0.0530. The fourth-order valence-corrected chi connectivity index (χ4v) is 11.7. The Balaban J connectivity index is 3.78. The second-order valence-corrected chi connectivity index (χ2v) is 26.3. The molecule has 0 saturated carbocycles. The van der Waals surface area contributed by atoms with Crippen molar-refractivity contribution in [2.45, 2.75) is 380 Å². The van der Waals surface area contributed by atoms with Gasteiger partial charge in [0.15, 0.2) is 6.10 Å². The van der Waals surface area contributed by atoms with E-state index in [-0.39, 0.29) is 38.6 Å². The van der Waals surface area contributed by atoms with Crippen molar-refractivity contribution in [2.75, 3.05) is 26.4 Å². The van der Waals surface area contributed by atoms with Gasteiger partial charge in [0.25, 0.3) is 0 Å². The van der Waals surface area contributed by atoms with Crippen molar-refractivity contribution in [3.05, 3.63) is 60.8 Å². The van der Waals surface area contributed by atoms with Crippen molar-refractivity contribution < 1.29 is 37.6 Å². The van der Waals surface area contributed by atoms with Gasteiger partial charge in [-0.2, -0.15) is 0 Å². The molecule has 9 nitrogen and oxygen atoms in total. The highest BCUT2D eigenvalue weighted by Crippen LogP contribution is 2.43. The quantitative estimate of drug-likeness (QED) is 0.0264. The van der Waals surface area contributed by atoms with Crippen LogP contribution in [-0.2, 0) is 32.7 Å². The Labute approximate surface area is 527 Å². The molecule has 3 N–H and O–H groups in total. The zero-order valence-electron chi connectivity index (χ0n) is 56.1. The minimum atomic E-state index is -4.39. The van der Waals surface area contributed by atoms with Crippen molar-refractivity contribution in [3.8, 4) is 0 Å². The highest BCUT2D eigenvalue weighted by Gasteiger charge is 2.26. The molecule has 0 saturated heterocycles. The standard InChI is InChI=1S/C75H140NO8P/c1-3-5-7-9-11-13-15-17-19-21-23-25-27-29-30-31-32-33-34-35-36-37-38-39-40-41-42-44-45-47-49-51-53-55-57-59-61-63-65-67-74(77)81-71-73(72-83-85(79,80)82-70-69-76)84-75(78)68-66-64-62-60-58-56-54-52-50-48-46-43-28-26-24-22-20-18-16-14-12-10-8-6-4-2/h15-18,21-24,28,43,73H,3-14,19-20,25-27,29-42,44-72,76H2,1-2H3,(H,79,80)/b17-15-,18-16-,23-21-,24-22-,43-28-. The van der Waals surface area contributed by atoms with E-state index in [1.165, 1.54) is 276 Å².